The van der Waals surface area contributed by atoms with E-state index in [4.69, 9.17) is 9.47 Å². The van der Waals surface area contributed by atoms with Crippen molar-refractivity contribution in [3.63, 3.8) is 0 Å². The van der Waals surface area contributed by atoms with Gasteiger partial charge in [-0.1, -0.05) is 29.8 Å². The Morgan fingerprint density at radius 3 is 2.50 bits per heavy atom. The third-order valence-electron chi connectivity index (χ3n) is 3.86. The van der Waals surface area contributed by atoms with Crippen molar-refractivity contribution in [1.82, 2.24) is 4.98 Å². The van der Waals surface area contributed by atoms with E-state index in [2.05, 4.69) is 29.4 Å². The summed E-state index contributed by atoms with van der Waals surface area (Å²) in [5.41, 5.74) is 3.68. The molecule has 3 aromatic rings. The summed E-state index contributed by atoms with van der Waals surface area (Å²) in [5.74, 6) is 1.06. The van der Waals surface area contributed by atoms with Crippen LogP contribution in [0.25, 0.3) is 10.6 Å². The minimum atomic E-state index is -0.127. The third kappa shape index (κ3) is 4.21. The zero-order chi connectivity index (χ0) is 18.5. The molecule has 0 bridgehead atoms. The standard InChI is InChI=1S/C20H20N2O3S/c1-13-4-6-14(7-5-13)20-22-16(12-26-20)11-19(23)21-15-8-9-17(24-2)18(10-15)25-3/h4-10,12H,11H2,1-3H3,(H,21,23). The van der Waals surface area contributed by atoms with Crippen LogP contribution in [0.4, 0.5) is 5.69 Å². The molecule has 3 rings (SSSR count). The molecule has 5 nitrogen and oxygen atoms in total. The SMILES string of the molecule is COc1ccc(NC(=O)Cc2csc(-c3ccc(C)cc3)n2)cc1OC. The van der Waals surface area contributed by atoms with E-state index >= 15 is 0 Å². The van der Waals surface area contributed by atoms with Gasteiger partial charge in [-0.25, -0.2) is 4.98 Å². The van der Waals surface area contributed by atoms with Crippen LogP contribution in [0, 0.1) is 6.92 Å². The van der Waals surface area contributed by atoms with Crippen molar-refractivity contribution in [2.45, 2.75) is 13.3 Å². The fourth-order valence-electron chi connectivity index (χ4n) is 2.50. The molecule has 1 amide bonds. The van der Waals surface area contributed by atoms with E-state index in [1.54, 1.807) is 43.8 Å². The molecule has 1 heterocycles. The molecule has 0 saturated heterocycles. The number of carbonyl (C=O) groups excluding carboxylic acids is 1. The predicted molar refractivity (Wildman–Crippen MR) is 104 cm³/mol. The lowest BCUT2D eigenvalue weighted by Gasteiger charge is -2.10. The molecule has 2 aromatic carbocycles. The van der Waals surface area contributed by atoms with Crippen molar-refractivity contribution < 1.29 is 14.3 Å². The number of carbonyl (C=O) groups is 1. The summed E-state index contributed by atoms with van der Waals surface area (Å²) in [6.07, 6.45) is 0.219. The number of nitrogens with zero attached hydrogens (tertiary/aromatic N) is 1. The summed E-state index contributed by atoms with van der Waals surface area (Å²) < 4.78 is 10.4. The molecule has 0 unspecified atom stereocenters. The van der Waals surface area contributed by atoms with Crippen molar-refractivity contribution in [3.05, 3.63) is 59.1 Å². The molecule has 134 valence electrons. The Balaban J connectivity index is 1.66. The zero-order valence-electron chi connectivity index (χ0n) is 14.9. The Hall–Kier alpha value is -2.86. The number of ether oxygens (including phenoxy) is 2. The highest BCUT2D eigenvalue weighted by Gasteiger charge is 2.11. The minimum Gasteiger partial charge on any atom is -0.493 e. The number of thiazole rings is 1. The highest BCUT2D eigenvalue weighted by molar-refractivity contribution is 7.13. The number of amides is 1. The molecule has 0 atom stereocenters. The summed E-state index contributed by atoms with van der Waals surface area (Å²) >= 11 is 1.54. The number of aryl methyl sites for hydroxylation is 1. The monoisotopic (exact) mass is 368 g/mol. The maximum atomic E-state index is 12.3. The first kappa shape index (κ1) is 17.9. The number of methoxy groups -OCH3 is 2. The van der Waals surface area contributed by atoms with Crippen molar-refractivity contribution in [2.75, 3.05) is 19.5 Å². The van der Waals surface area contributed by atoms with Gasteiger partial charge >= 0.3 is 0 Å². The van der Waals surface area contributed by atoms with Gasteiger partial charge in [-0.15, -0.1) is 11.3 Å². The molecule has 1 N–H and O–H groups in total. The van der Waals surface area contributed by atoms with Gasteiger partial charge in [-0.3, -0.25) is 4.79 Å². The van der Waals surface area contributed by atoms with Crippen LogP contribution in [0.2, 0.25) is 0 Å². The molecule has 0 aliphatic rings. The summed E-state index contributed by atoms with van der Waals surface area (Å²) in [4.78, 5) is 16.9. The van der Waals surface area contributed by atoms with E-state index in [1.807, 2.05) is 17.5 Å². The van der Waals surface area contributed by atoms with Crippen LogP contribution in [0.15, 0.2) is 47.8 Å². The molecule has 0 aliphatic carbocycles. The molecule has 0 spiro atoms. The van der Waals surface area contributed by atoms with Gasteiger partial charge in [0.05, 0.1) is 26.3 Å². The lowest BCUT2D eigenvalue weighted by atomic mass is 10.2. The van der Waals surface area contributed by atoms with Crippen molar-refractivity contribution in [2.24, 2.45) is 0 Å². The van der Waals surface area contributed by atoms with Gasteiger partial charge in [0.15, 0.2) is 11.5 Å². The molecular weight excluding hydrogens is 348 g/mol. The van der Waals surface area contributed by atoms with Crippen molar-refractivity contribution in [3.8, 4) is 22.1 Å². The van der Waals surface area contributed by atoms with Crippen LogP contribution in [0.3, 0.4) is 0 Å². The third-order valence-corrected chi connectivity index (χ3v) is 4.80. The second-order valence-electron chi connectivity index (χ2n) is 5.80. The van der Waals surface area contributed by atoms with Gasteiger partial charge in [0.2, 0.25) is 5.91 Å². The van der Waals surface area contributed by atoms with Gasteiger partial charge < -0.3 is 14.8 Å². The van der Waals surface area contributed by atoms with E-state index in [9.17, 15) is 4.79 Å². The van der Waals surface area contributed by atoms with Gasteiger partial charge in [0.25, 0.3) is 0 Å². The topological polar surface area (TPSA) is 60.5 Å². The van der Waals surface area contributed by atoms with E-state index in [1.165, 1.54) is 5.56 Å². The lowest BCUT2D eigenvalue weighted by molar-refractivity contribution is -0.115. The second kappa shape index (κ2) is 8.01. The van der Waals surface area contributed by atoms with Crippen LogP contribution >= 0.6 is 11.3 Å². The normalized spacial score (nSPS) is 10.4. The quantitative estimate of drug-likeness (QED) is 0.704. The zero-order valence-corrected chi connectivity index (χ0v) is 15.7. The predicted octanol–water partition coefficient (Wildman–Crippen LogP) is 4.32. The van der Waals surface area contributed by atoms with Crippen molar-refractivity contribution in [1.29, 1.82) is 0 Å². The minimum absolute atomic E-state index is 0.127. The average Bonchev–Trinajstić information content (AvgIpc) is 3.10. The first-order valence-electron chi connectivity index (χ1n) is 8.12. The van der Waals surface area contributed by atoms with Gasteiger partial charge in [0.1, 0.15) is 5.01 Å². The number of nitrogens with one attached hydrogen (secondary N) is 1. The Labute approximate surface area is 156 Å². The van der Waals surface area contributed by atoms with Crippen LogP contribution in [-0.4, -0.2) is 25.1 Å². The molecule has 0 radical (unpaired) electrons. The second-order valence-corrected chi connectivity index (χ2v) is 6.66. The Morgan fingerprint density at radius 1 is 1.08 bits per heavy atom. The Bertz CT molecular complexity index is 904. The molecular formula is C20H20N2O3S. The molecule has 0 aliphatic heterocycles. The van der Waals surface area contributed by atoms with Crippen LogP contribution in [-0.2, 0) is 11.2 Å². The number of hydrogen-bond acceptors (Lipinski definition) is 5. The van der Waals surface area contributed by atoms with E-state index in [0.717, 1.165) is 16.3 Å². The van der Waals surface area contributed by atoms with Gasteiger partial charge in [0, 0.05) is 22.7 Å². The molecule has 0 fully saturated rings. The first-order chi connectivity index (χ1) is 12.6. The fraction of sp³-hybridized carbons (Fsp3) is 0.200. The van der Waals surface area contributed by atoms with E-state index < -0.39 is 0 Å². The van der Waals surface area contributed by atoms with Crippen LogP contribution in [0.1, 0.15) is 11.3 Å². The average molecular weight is 368 g/mol. The smallest absolute Gasteiger partial charge is 0.230 e. The number of anilines is 1. The van der Waals surface area contributed by atoms with Crippen molar-refractivity contribution >= 4 is 22.9 Å². The molecule has 0 saturated carbocycles. The number of benzene rings is 2. The van der Waals surface area contributed by atoms with Gasteiger partial charge in [-0.05, 0) is 19.1 Å². The van der Waals surface area contributed by atoms with Crippen LogP contribution in [0.5, 0.6) is 11.5 Å². The molecule has 1 aromatic heterocycles. The summed E-state index contributed by atoms with van der Waals surface area (Å²) in [5, 5.41) is 5.70. The first-order valence-corrected chi connectivity index (χ1v) is 9.00. The Kier molecular flexibility index (Phi) is 5.53. The number of aromatic nitrogens is 1. The molecule has 6 heteroatoms. The maximum absolute atomic E-state index is 12.3. The van der Waals surface area contributed by atoms with Gasteiger partial charge in [-0.2, -0.15) is 0 Å². The lowest BCUT2D eigenvalue weighted by Crippen LogP contribution is -2.14. The summed E-state index contributed by atoms with van der Waals surface area (Å²) in [6, 6.07) is 13.5. The summed E-state index contributed by atoms with van der Waals surface area (Å²) in [7, 11) is 3.13. The Morgan fingerprint density at radius 2 is 1.81 bits per heavy atom. The van der Waals surface area contributed by atoms with E-state index in [-0.39, 0.29) is 12.3 Å². The highest BCUT2D eigenvalue weighted by Crippen LogP contribution is 2.30. The largest absolute Gasteiger partial charge is 0.493 e. The maximum Gasteiger partial charge on any atom is 0.230 e. The van der Waals surface area contributed by atoms with E-state index in [0.29, 0.717) is 17.2 Å². The van der Waals surface area contributed by atoms with Crippen LogP contribution < -0.4 is 14.8 Å². The fourth-order valence-corrected chi connectivity index (χ4v) is 3.33. The molecule has 26 heavy (non-hydrogen) atoms. The highest BCUT2D eigenvalue weighted by atomic mass is 32.1. The number of rotatable bonds is 6. The number of hydrogen-bond donors (Lipinski definition) is 1. The summed E-state index contributed by atoms with van der Waals surface area (Å²) in [6.45, 7) is 2.05.